The quantitative estimate of drug-likeness (QED) is 0.765. The van der Waals surface area contributed by atoms with E-state index in [0.717, 1.165) is 16.9 Å². The largest absolute Gasteiger partial charge is 0.325 e. The lowest BCUT2D eigenvalue weighted by atomic mass is 10.1. The maximum absolute atomic E-state index is 11.7. The molecule has 5 nitrogen and oxygen atoms in total. The highest BCUT2D eigenvalue weighted by Crippen LogP contribution is 2.20. The van der Waals surface area contributed by atoms with Crippen molar-refractivity contribution in [2.45, 2.75) is 13.0 Å². The molecule has 0 bridgehead atoms. The molecule has 94 valence electrons. The first-order valence-electron chi connectivity index (χ1n) is 5.78. The second-order valence-electron chi connectivity index (χ2n) is 4.05. The SMILES string of the molecule is CNC(C)C(=O)Nc1cccc(-c2ccn[nH]2)c1. The zero-order valence-electron chi connectivity index (χ0n) is 10.4. The minimum Gasteiger partial charge on any atom is -0.325 e. The molecule has 1 aromatic carbocycles. The van der Waals surface area contributed by atoms with Gasteiger partial charge in [0.05, 0.1) is 11.7 Å². The van der Waals surface area contributed by atoms with Gasteiger partial charge in [-0.2, -0.15) is 5.10 Å². The lowest BCUT2D eigenvalue weighted by Gasteiger charge is -2.11. The van der Waals surface area contributed by atoms with Gasteiger partial charge in [0.1, 0.15) is 0 Å². The highest BCUT2D eigenvalue weighted by atomic mass is 16.2. The van der Waals surface area contributed by atoms with Crippen LogP contribution in [0.25, 0.3) is 11.3 Å². The van der Waals surface area contributed by atoms with Crippen molar-refractivity contribution in [2.75, 3.05) is 12.4 Å². The van der Waals surface area contributed by atoms with Gasteiger partial charge in [-0.25, -0.2) is 0 Å². The minimum atomic E-state index is -0.221. The van der Waals surface area contributed by atoms with Crippen LogP contribution in [-0.4, -0.2) is 29.2 Å². The standard InChI is InChI=1S/C13H16N4O/c1-9(14-2)13(18)16-11-5-3-4-10(8-11)12-6-7-15-17-12/h3-9,14H,1-2H3,(H,15,17)(H,16,18). The van der Waals surface area contributed by atoms with Crippen LogP contribution in [-0.2, 0) is 4.79 Å². The summed E-state index contributed by atoms with van der Waals surface area (Å²) in [6, 6.07) is 9.30. The van der Waals surface area contributed by atoms with Gasteiger partial charge in [0.2, 0.25) is 5.91 Å². The normalized spacial score (nSPS) is 12.1. The first-order chi connectivity index (χ1) is 8.70. The number of hydrogen-bond donors (Lipinski definition) is 3. The van der Waals surface area contributed by atoms with Crippen molar-refractivity contribution in [1.29, 1.82) is 0 Å². The Balaban J connectivity index is 2.16. The van der Waals surface area contributed by atoms with Crippen molar-refractivity contribution in [3.63, 3.8) is 0 Å². The van der Waals surface area contributed by atoms with Crippen molar-refractivity contribution in [2.24, 2.45) is 0 Å². The Labute approximate surface area is 106 Å². The lowest BCUT2D eigenvalue weighted by Crippen LogP contribution is -2.35. The molecule has 5 heteroatoms. The van der Waals surface area contributed by atoms with E-state index in [-0.39, 0.29) is 11.9 Å². The van der Waals surface area contributed by atoms with Gasteiger partial charge >= 0.3 is 0 Å². The van der Waals surface area contributed by atoms with Gasteiger partial charge in [-0.15, -0.1) is 0 Å². The molecule has 0 fully saturated rings. The predicted octanol–water partition coefficient (Wildman–Crippen LogP) is 1.62. The third-order valence-electron chi connectivity index (χ3n) is 2.77. The second kappa shape index (κ2) is 5.46. The molecule has 2 aromatic rings. The van der Waals surface area contributed by atoms with Crippen LogP contribution in [0.4, 0.5) is 5.69 Å². The van der Waals surface area contributed by atoms with E-state index in [1.165, 1.54) is 0 Å². The van der Waals surface area contributed by atoms with Gasteiger partial charge in [-0.3, -0.25) is 9.89 Å². The Bertz CT molecular complexity index is 522. The van der Waals surface area contributed by atoms with Crippen LogP contribution in [0.15, 0.2) is 36.5 Å². The summed E-state index contributed by atoms with van der Waals surface area (Å²) in [5.41, 5.74) is 2.68. The van der Waals surface area contributed by atoms with Crippen LogP contribution in [0, 0.1) is 0 Å². The third kappa shape index (κ3) is 2.75. The first kappa shape index (κ1) is 12.3. The summed E-state index contributed by atoms with van der Waals surface area (Å²) in [7, 11) is 1.76. The Hall–Kier alpha value is -2.14. The molecule has 0 aliphatic carbocycles. The first-order valence-corrected chi connectivity index (χ1v) is 5.78. The van der Waals surface area contributed by atoms with Crippen LogP contribution in [0.1, 0.15) is 6.92 Å². The van der Waals surface area contributed by atoms with E-state index in [4.69, 9.17) is 0 Å². The fraction of sp³-hybridized carbons (Fsp3) is 0.231. The van der Waals surface area contributed by atoms with Gasteiger partial charge in [0, 0.05) is 17.4 Å². The van der Waals surface area contributed by atoms with E-state index in [0.29, 0.717) is 0 Å². The van der Waals surface area contributed by atoms with E-state index in [2.05, 4.69) is 20.8 Å². The number of carbonyl (C=O) groups is 1. The van der Waals surface area contributed by atoms with E-state index in [1.807, 2.05) is 37.3 Å². The molecule has 0 saturated carbocycles. The second-order valence-corrected chi connectivity index (χ2v) is 4.05. The molecule has 1 unspecified atom stereocenters. The average molecular weight is 244 g/mol. The van der Waals surface area contributed by atoms with Crippen molar-refractivity contribution < 1.29 is 4.79 Å². The Morgan fingerprint density at radius 1 is 1.39 bits per heavy atom. The summed E-state index contributed by atoms with van der Waals surface area (Å²) in [6.07, 6.45) is 1.70. The molecule has 3 N–H and O–H groups in total. The molecule has 0 aliphatic rings. The average Bonchev–Trinajstić information content (AvgIpc) is 2.92. The molecular formula is C13H16N4O. The summed E-state index contributed by atoms with van der Waals surface area (Å²) in [4.78, 5) is 11.7. The van der Waals surface area contributed by atoms with Crippen LogP contribution in [0.2, 0.25) is 0 Å². The molecule has 0 saturated heterocycles. The number of nitrogens with zero attached hydrogens (tertiary/aromatic N) is 1. The van der Waals surface area contributed by atoms with Gasteiger partial charge < -0.3 is 10.6 Å². The maximum Gasteiger partial charge on any atom is 0.241 e. The number of likely N-dealkylation sites (N-methyl/N-ethyl adjacent to an activating group) is 1. The van der Waals surface area contributed by atoms with Crippen LogP contribution < -0.4 is 10.6 Å². The van der Waals surface area contributed by atoms with E-state index >= 15 is 0 Å². The van der Waals surface area contributed by atoms with Gasteiger partial charge in [0.25, 0.3) is 0 Å². The molecule has 2 rings (SSSR count). The molecule has 18 heavy (non-hydrogen) atoms. The topological polar surface area (TPSA) is 69.8 Å². The summed E-state index contributed by atoms with van der Waals surface area (Å²) in [5.74, 6) is -0.0562. The number of nitrogens with one attached hydrogen (secondary N) is 3. The zero-order chi connectivity index (χ0) is 13.0. The lowest BCUT2D eigenvalue weighted by molar-refractivity contribution is -0.117. The Kier molecular flexibility index (Phi) is 3.74. The van der Waals surface area contributed by atoms with Gasteiger partial charge in [-0.05, 0) is 32.2 Å². The van der Waals surface area contributed by atoms with Crippen LogP contribution >= 0.6 is 0 Å². The van der Waals surface area contributed by atoms with E-state index in [9.17, 15) is 4.79 Å². The number of hydrogen-bond acceptors (Lipinski definition) is 3. The molecular weight excluding hydrogens is 228 g/mol. The number of H-pyrrole nitrogens is 1. The highest BCUT2D eigenvalue weighted by Gasteiger charge is 2.10. The number of aromatic amines is 1. The van der Waals surface area contributed by atoms with Gasteiger partial charge in [-0.1, -0.05) is 12.1 Å². The van der Waals surface area contributed by atoms with Crippen molar-refractivity contribution in [1.82, 2.24) is 15.5 Å². The maximum atomic E-state index is 11.7. The Morgan fingerprint density at radius 3 is 2.89 bits per heavy atom. The minimum absolute atomic E-state index is 0.0562. The monoisotopic (exact) mass is 244 g/mol. The molecule has 1 amide bonds. The summed E-state index contributed by atoms with van der Waals surface area (Å²) < 4.78 is 0. The van der Waals surface area contributed by atoms with Gasteiger partial charge in [0.15, 0.2) is 0 Å². The van der Waals surface area contributed by atoms with E-state index in [1.54, 1.807) is 13.2 Å². The summed E-state index contributed by atoms with van der Waals surface area (Å²) in [5, 5.41) is 12.6. The zero-order valence-corrected chi connectivity index (χ0v) is 10.4. The molecule has 0 aliphatic heterocycles. The van der Waals surface area contributed by atoms with Crippen molar-refractivity contribution >= 4 is 11.6 Å². The molecule has 0 radical (unpaired) electrons. The smallest absolute Gasteiger partial charge is 0.241 e. The number of amides is 1. The Morgan fingerprint density at radius 2 is 2.22 bits per heavy atom. The third-order valence-corrected chi connectivity index (χ3v) is 2.77. The summed E-state index contributed by atoms with van der Waals surface area (Å²) in [6.45, 7) is 1.81. The van der Waals surface area contributed by atoms with Crippen LogP contribution in [0.3, 0.4) is 0 Å². The summed E-state index contributed by atoms with van der Waals surface area (Å²) >= 11 is 0. The molecule has 1 heterocycles. The number of rotatable bonds is 4. The fourth-order valence-corrected chi connectivity index (χ4v) is 1.56. The fourth-order valence-electron chi connectivity index (χ4n) is 1.56. The molecule has 1 atom stereocenters. The predicted molar refractivity (Wildman–Crippen MR) is 71.2 cm³/mol. The number of carbonyl (C=O) groups excluding carboxylic acids is 1. The molecule has 1 aromatic heterocycles. The van der Waals surface area contributed by atoms with Crippen molar-refractivity contribution in [3.8, 4) is 11.3 Å². The number of anilines is 1. The number of benzene rings is 1. The van der Waals surface area contributed by atoms with E-state index < -0.39 is 0 Å². The number of aromatic nitrogens is 2. The van der Waals surface area contributed by atoms with Crippen LogP contribution in [0.5, 0.6) is 0 Å². The van der Waals surface area contributed by atoms with Crippen molar-refractivity contribution in [3.05, 3.63) is 36.5 Å². The highest BCUT2D eigenvalue weighted by molar-refractivity contribution is 5.95. The molecule has 0 spiro atoms.